The molecule has 0 unspecified atom stereocenters. The Morgan fingerprint density at radius 3 is 2.42 bits per heavy atom. The van der Waals surface area contributed by atoms with Crippen LogP contribution in [0.4, 0.5) is 5.69 Å². The molecule has 0 saturated carbocycles. The summed E-state index contributed by atoms with van der Waals surface area (Å²) in [4.78, 5) is 10.5. The van der Waals surface area contributed by atoms with Crippen LogP contribution in [0.15, 0.2) is 60.7 Å². The van der Waals surface area contributed by atoms with Gasteiger partial charge in [-0.1, -0.05) is 48.5 Å². The van der Waals surface area contributed by atoms with Gasteiger partial charge in [-0.15, -0.1) is 0 Å². The van der Waals surface area contributed by atoms with E-state index < -0.39 is 0 Å². The van der Waals surface area contributed by atoms with Gasteiger partial charge in [-0.25, -0.2) is 4.98 Å². The number of rotatable bonds is 5. The molecule has 0 fully saturated rings. The maximum Gasteiger partial charge on any atom is 0.131 e. The highest BCUT2D eigenvalue weighted by Gasteiger charge is 2.05. The topological polar surface area (TPSA) is 31.9 Å². The van der Waals surface area contributed by atoms with Crippen LogP contribution in [0.1, 0.15) is 25.2 Å². The smallest absolute Gasteiger partial charge is 0.131 e. The molecule has 0 aliphatic rings. The van der Waals surface area contributed by atoms with Crippen molar-refractivity contribution in [1.29, 1.82) is 0 Å². The minimum absolute atomic E-state index is 0.879. The normalized spacial score (nSPS) is 11.6. The molecule has 4 rings (SSSR count). The number of fused-ring (bicyclic) bond motifs is 3. The molecule has 3 heteroatoms. The molecule has 0 amide bonds. The van der Waals surface area contributed by atoms with Gasteiger partial charge in [-0.2, -0.15) is 0 Å². The molecule has 3 nitrogen and oxygen atoms in total. The van der Waals surface area contributed by atoms with Crippen LogP contribution >= 0.6 is 0 Å². The zero-order chi connectivity index (χ0) is 17.9. The third-order valence-electron chi connectivity index (χ3n) is 4.85. The molecule has 0 aliphatic heterocycles. The Morgan fingerprint density at radius 1 is 0.885 bits per heavy atom. The second-order valence-electron chi connectivity index (χ2n) is 6.40. The Hall–Kier alpha value is -3.07. The molecular formula is C23H23N3. The number of aromatic nitrogens is 2. The Morgan fingerprint density at radius 2 is 1.65 bits per heavy atom. The second kappa shape index (κ2) is 7.04. The van der Waals surface area contributed by atoms with Crippen LogP contribution in [-0.2, 0) is 0 Å². The highest BCUT2D eigenvalue weighted by molar-refractivity contribution is 6.04. The average Bonchev–Trinajstić information content (AvgIpc) is 3.12. The third kappa shape index (κ3) is 3.08. The van der Waals surface area contributed by atoms with Crippen molar-refractivity contribution in [1.82, 2.24) is 9.97 Å². The van der Waals surface area contributed by atoms with Gasteiger partial charge in [0, 0.05) is 24.2 Å². The van der Waals surface area contributed by atoms with Crippen LogP contribution in [-0.4, -0.2) is 23.1 Å². The lowest BCUT2D eigenvalue weighted by molar-refractivity contribution is 0.866. The molecule has 0 radical (unpaired) electrons. The lowest BCUT2D eigenvalue weighted by Gasteiger charge is -2.20. The van der Waals surface area contributed by atoms with E-state index in [2.05, 4.69) is 90.5 Å². The van der Waals surface area contributed by atoms with Gasteiger partial charge in [0.2, 0.25) is 0 Å². The summed E-state index contributed by atoms with van der Waals surface area (Å²) in [7, 11) is 0. The molecule has 26 heavy (non-hydrogen) atoms. The summed E-state index contributed by atoms with van der Waals surface area (Å²) in [6.07, 6.45) is 4.15. The molecule has 0 spiro atoms. The van der Waals surface area contributed by atoms with Gasteiger partial charge in [-0.3, -0.25) is 0 Å². The van der Waals surface area contributed by atoms with Crippen LogP contribution in [0.2, 0.25) is 0 Å². The van der Waals surface area contributed by atoms with Gasteiger partial charge in [-0.05, 0) is 49.1 Å². The lowest BCUT2D eigenvalue weighted by Crippen LogP contribution is -2.21. The van der Waals surface area contributed by atoms with Gasteiger partial charge in [0.25, 0.3) is 0 Å². The number of nitrogens with one attached hydrogen (secondary N) is 1. The maximum atomic E-state index is 4.78. The fourth-order valence-corrected chi connectivity index (χ4v) is 3.40. The molecule has 130 valence electrons. The summed E-state index contributed by atoms with van der Waals surface area (Å²) in [6.45, 7) is 6.42. The first kappa shape index (κ1) is 16.4. The fraction of sp³-hybridized carbons (Fsp3) is 0.174. The largest absolute Gasteiger partial charge is 0.372 e. The summed E-state index contributed by atoms with van der Waals surface area (Å²) >= 11 is 0. The van der Waals surface area contributed by atoms with E-state index in [0.29, 0.717) is 0 Å². The predicted octanol–water partition coefficient (Wildman–Crippen LogP) is 5.73. The maximum absolute atomic E-state index is 4.78. The number of benzene rings is 3. The van der Waals surface area contributed by atoms with E-state index in [1.165, 1.54) is 22.0 Å². The van der Waals surface area contributed by atoms with E-state index in [1.54, 1.807) is 0 Å². The van der Waals surface area contributed by atoms with Crippen molar-refractivity contribution in [3.05, 3.63) is 72.1 Å². The van der Waals surface area contributed by atoms with E-state index in [1.807, 2.05) is 6.08 Å². The van der Waals surface area contributed by atoms with E-state index in [4.69, 9.17) is 4.98 Å². The summed E-state index contributed by atoms with van der Waals surface area (Å²) in [5.74, 6) is 0.879. The van der Waals surface area contributed by atoms with Gasteiger partial charge >= 0.3 is 0 Å². The van der Waals surface area contributed by atoms with E-state index in [0.717, 1.165) is 29.9 Å². The predicted molar refractivity (Wildman–Crippen MR) is 113 cm³/mol. The zero-order valence-corrected chi connectivity index (χ0v) is 15.2. The van der Waals surface area contributed by atoms with Crippen molar-refractivity contribution in [2.75, 3.05) is 18.0 Å². The van der Waals surface area contributed by atoms with Crippen LogP contribution in [0.5, 0.6) is 0 Å². The molecule has 0 bridgehead atoms. The van der Waals surface area contributed by atoms with Gasteiger partial charge in [0.05, 0.1) is 11.0 Å². The zero-order valence-electron chi connectivity index (χ0n) is 15.2. The molecule has 4 aromatic rings. The van der Waals surface area contributed by atoms with Crippen LogP contribution in [0.25, 0.3) is 34.0 Å². The van der Waals surface area contributed by atoms with E-state index >= 15 is 0 Å². The Bertz CT molecular complexity index is 1050. The standard InChI is InChI=1S/C23H23N3/c1-3-26(4-2)19-13-9-17(10-14-19)11-16-22-24-21-15-12-18-7-5-6-8-20(18)23(21)25-22/h5-16H,3-4H2,1-2H3,(H,24,25). The first-order valence-corrected chi connectivity index (χ1v) is 9.19. The molecule has 1 heterocycles. The molecule has 0 atom stereocenters. The minimum Gasteiger partial charge on any atom is -0.372 e. The quantitative estimate of drug-likeness (QED) is 0.502. The van der Waals surface area contributed by atoms with Crippen molar-refractivity contribution < 1.29 is 0 Å². The lowest BCUT2D eigenvalue weighted by atomic mass is 10.1. The van der Waals surface area contributed by atoms with Crippen molar-refractivity contribution in [3.63, 3.8) is 0 Å². The molecule has 1 N–H and O–H groups in total. The minimum atomic E-state index is 0.879. The van der Waals surface area contributed by atoms with Crippen molar-refractivity contribution in [2.24, 2.45) is 0 Å². The molecular weight excluding hydrogens is 318 g/mol. The monoisotopic (exact) mass is 341 g/mol. The number of H-pyrrole nitrogens is 1. The average molecular weight is 341 g/mol. The van der Waals surface area contributed by atoms with Gasteiger partial charge < -0.3 is 9.88 Å². The number of aromatic amines is 1. The highest BCUT2D eigenvalue weighted by atomic mass is 15.1. The Kier molecular flexibility index (Phi) is 4.44. The first-order chi connectivity index (χ1) is 12.8. The number of hydrogen-bond donors (Lipinski definition) is 1. The molecule has 0 saturated heterocycles. The van der Waals surface area contributed by atoms with Crippen molar-refractivity contribution in [3.8, 4) is 0 Å². The van der Waals surface area contributed by atoms with Gasteiger partial charge in [0.15, 0.2) is 0 Å². The number of imidazole rings is 1. The third-order valence-corrected chi connectivity index (χ3v) is 4.85. The summed E-state index contributed by atoms with van der Waals surface area (Å²) in [5, 5.41) is 2.40. The number of nitrogens with zero attached hydrogens (tertiary/aromatic N) is 2. The SMILES string of the molecule is CCN(CC)c1ccc(C=Cc2nc3c(ccc4ccccc43)[nH]2)cc1. The highest BCUT2D eigenvalue weighted by Crippen LogP contribution is 2.24. The molecule has 1 aromatic heterocycles. The first-order valence-electron chi connectivity index (χ1n) is 9.19. The summed E-state index contributed by atoms with van der Waals surface area (Å²) in [6, 6.07) is 21.3. The van der Waals surface area contributed by atoms with Crippen LogP contribution < -0.4 is 4.90 Å². The number of hydrogen-bond acceptors (Lipinski definition) is 2. The summed E-state index contributed by atoms with van der Waals surface area (Å²) < 4.78 is 0. The summed E-state index contributed by atoms with van der Waals surface area (Å²) in [5.41, 5.74) is 4.54. The molecule has 3 aromatic carbocycles. The van der Waals surface area contributed by atoms with Crippen LogP contribution in [0, 0.1) is 0 Å². The second-order valence-corrected chi connectivity index (χ2v) is 6.40. The van der Waals surface area contributed by atoms with Crippen molar-refractivity contribution in [2.45, 2.75) is 13.8 Å². The van der Waals surface area contributed by atoms with Gasteiger partial charge in [0.1, 0.15) is 5.82 Å². The van der Waals surface area contributed by atoms with Crippen molar-refractivity contribution >= 4 is 39.6 Å². The van der Waals surface area contributed by atoms with Crippen LogP contribution in [0.3, 0.4) is 0 Å². The Balaban J connectivity index is 1.61. The fourth-order valence-electron chi connectivity index (χ4n) is 3.40. The molecule has 0 aliphatic carbocycles. The number of anilines is 1. The van der Waals surface area contributed by atoms with E-state index in [9.17, 15) is 0 Å². The van der Waals surface area contributed by atoms with E-state index in [-0.39, 0.29) is 0 Å². The Labute approximate surface area is 154 Å².